The van der Waals surface area contributed by atoms with E-state index >= 15 is 0 Å². The molecule has 0 radical (unpaired) electrons. The first-order chi connectivity index (χ1) is 11.1. The number of alkyl halides is 3. The van der Waals surface area contributed by atoms with E-state index in [2.05, 4.69) is 10.3 Å². The molecule has 1 aromatic heterocycles. The second-order valence-corrected chi connectivity index (χ2v) is 6.11. The van der Waals surface area contributed by atoms with Gasteiger partial charge in [0.15, 0.2) is 0 Å². The number of rotatable bonds is 3. The van der Waals surface area contributed by atoms with Crippen LogP contribution in [-0.2, 0) is 6.18 Å². The molecule has 0 fully saturated rings. The summed E-state index contributed by atoms with van der Waals surface area (Å²) in [6, 6.07) is 6.30. The van der Waals surface area contributed by atoms with Crippen LogP contribution in [0.4, 0.5) is 18.9 Å². The van der Waals surface area contributed by atoms with Crippen LogP contribution in [-0.4, -0.2) is 10.9 Å². The smallest absolute Gasteiger partial charge is 0.320 e. The molecule has 0 saturated carbocycles. The Bertz CT molecular complexity index is 773. The molecule has 128 valence electrons. The van der Waals surface area contributed by atoms with Gasteiger partial charge in [0.25, 0.3) is 5.91 Å². The maximum Gasteiger partial charge on any atom is 0.417 e. The van der Waals surface area contributed by atoms with Crippen molar-refractivity contribution < 1.29 is 18.0 Å². The number of aromatic nitrogens is 1. The quantitative estimate of drug-likeness (QED) is 0.795. The zero-order valence-corrected chi connectivity index (χ0v) is 14.1. The summed E-state index contributed by atoms with van der Waals surface area (Å²) in [6.45, 7) is 5.80. The number of aryl methyl sites for hydroxylation is 1. The first-order valence-electron chi connectivity index (χ1n) is 7.25. The molecule has 0 aliphatic heterocycles. The van der Waals surface area contributed by atoms with Crippen molar-refractivity contribution in [2.45, 2.75) is 32.9 Å². The highest BCUT2D eigenvalue weighted by molar-refractivity contribution is 6.34. The summed E-state index contributed by atoms with van der Waals surface area (Å²) in [4.78, 5) is 16.0. The molecule has 7 heteroatoms. The number of nitrogens with zero attached hydrogens (tertiary/aromatic N) is 1. The lowest BCUT2D eigenvalue weighted by Gasteiger charge is -2.16. The molecule has 1 aromatic carbocycles. The zero-order chi connectivity index (χ0) is 18.1. The molecule has 0 aliphatic carbocycles. The van der Waals surface area contributed by atoms with E-state index in [0.717, 1.165) is 11.1 Å². The number of hydrogen-bond acceptors (Lipinski definition) is 2. The van der Waals surface area contributed by atoms with E-state index in [4.69, 9.17) is 11.6 Å². The summed E-state index contributed by atoms with van der Waals surface area (Å²) in [5, 5.41) is 2.36. The molecule has 0 aliphatic rings. The van der Waals surface area contributed by atoms with Crippen LogP contribution < -0.4 is 5.32 Å². The van der Waals surface area contributed by atoms with Gasteiger partial charge in [0.1, 0.15) is 5.69 Å². The Morgan fingerprint density at radius 1 is 1.29 bits per heavy atom. The average molecular weight is 357 g/mol. The van der Waals surface area contributed by atoms with Crippen molar-refractivity contribution in [3.63, 3.8) is 0 Å². The number of benzene rings is 1. The van der Waals surface area contributed by atoms with Crippen LogP contribution in [0.25, 0.3) is 0 Å². The van der Waals surface area contributed by atoms with Crippen LogP contribution in [0.2, 0.25) is 5.02 Å². The maximum atomic E-state index is 12.6. The lowest BCUT2D eigenvalue weighted by atomic mass is 9.98. The van der Waals surface area contributed by atoms with E-state index in [1.54, 1.807) is 0 Å². The van der Waals surface area contributed by atoms with Crippen molar-refractivity contribution in [2.24, 2.45) is 0 Å². The lowest BCUT2D eigenvalue weighted by molar-refractivity contribution is -0.137. The number of nitrogens with one attached hydrogen (secondary N) is 1. The molecular weight excluding hydrogens is 341 g/mol. The normalized spacial score (nSPS) is 11.7. The predicted octanol–water partition coefficient (Wildman–Crippen LogP) is 5.44. The Labute approximate surface area is 142 Å². The minimum absolute atomic E-state index is 0.163. The second kappa shape index (κ2) is 6.81. The minimum Gasteiger partial charge on any atom is -0.320 e. The molecule has 0 bridgehead atoms. The number of carbonyl (C=O) groups is 1. The Morgan fingerprint density at radius 2 is 1.96 bits per heavy atom. The van der Waals surface area contributed by atoms with Gasteiger partial charge in [0.2, 0.25) is 0 Å². The molecule has 24 heavy (non-hydrogen) atoms. The van der Waals surface area contributed by atoms with Gasteiger partial charge in [-0.25, -0.2) is 4.98 Å². The van der Waals surface area contributed by atoms with Crippen molar-refractivity contribution in [1.82, 2.24) is 4.98 Å². The number of halogens is 4. The average Bonchev–Trinajstić information content (AvgIpc) is 2.47. The van der Waals surface area contributed by atoms with E-state index in [1.807, 2.05) is 39.0 Å². The third-order valence-corrected chi connectivity index (χ3v) is 3.84. The molecule has 0 atom stereocenters. The van der Waals surface area contributed by atoms with Crippen LogP contribution in [0.5, 0.6) is 0 Å². The van der Waals surface area contributed by atoms with Crippen molar-refractivity contribution in [3.05, 3.63) is 57.9 Å². The van der Waals surface area contributed by atoms with Crippen LogP contribution in [0, 0.1) is 6.92 Å². The fraction of sp³-hybridized carbons (Fsp3) is 0.294. The number of amides is 1. The molecule has 2 rings (SSSR count). The van der Waals surface area contributed by atoms with Gasteiger partial charge in [-0.2, -0.15) is 13.2 Å². The Hall–Kier alpha value is -2.08. The third-order valence-electron chi connectivity index (χ3n) is 3.55. The topological polar surface area (TPSA) is 42.0 Å². The first-order valence-corrected chi connectivity index (χ1v) is 7.62. The van der Waals surface area contributed by atoms with Crippen LogP contribution in [0.15, 0.2) is 30.5 Å². The van der Waals surface area contributed by atoms with Gasteiger partial charge in [-0.1, -0.05) is 43.6 Å². The summed E-state index contributed by atoms with van der Waals surface area (Å²) in [7, 11) is 0. The molecule has 1 N–H and O–H groups in total. The number of hydrogen-bond donors (Lipinski definition) is 1. The summed E-state index contributed by atoms with van der Waals surface area (Å²) >= 11 is 5.82. The van der Waals surface area contributed by atoms with E-state index in [-0.39, 0.29) is 16.6 Å². The molecule has 1 heterocycles. The second-order valence-electron chi connectivity index (χ2n) is 5.70. The number of anilines is 1. The minimum atomic E-state index is -4.56. The highest BCUT2D eigenvalue weighted by Crippen LogP contribution is 2.32. The Kier molecular flexibility index (Phi) is 5.18. The summed E-state index contributed by atoms with van der Waals surface area (Å²) < 4.78 is 37.9. The summed E-state index contributed by atoms with van der Waals surface area (Å²) in [5.41, 5.74) is 1.14. The Balaban J connectivity index is 2.35. The van der Waals surface area contributed by atoms with Crippen molar-refractivity contribution in [2.75, 3.05) is 5.32 Å². The largest absolute Gasteiger partial charge is 0.417 e. The van der Waals surface area contributed by atoms with Crippen LogP contribution in [0.3, 0.4) is 0 Å². The van der Waals surface area contributed by atoms with E-state index in [9.17, 15) is 18.0 Å². The van der Waals surface area contributed by atoms with Gasteiger partial charge in [-0.15, -0.1) is 0 Å². The molecule has 2 aromatic rings. The fourth-order valence-corrected chi connectivity index (χ4v) is 2.53. The standard InChI is InChI=1S/C17H16ClF3N2O/c1-9(2)12-6-4-5-10(3)14(12)23-16(24)15-13(18)7-11(8-22-15)17(19,20)21/h4-9H,1-3H3,(H,23,24). The lowest BCUT2D eigenvalue weighted by Crippen LogP contribution is -2.17. The SMILES string of the molecule is Cc1cccc(C(C)C)c1NC(=O)c1ncc(C(F)(F)F)cc1Cl. The van der Waals surface area contributed by atoms with E-state index < -0.39 is 17.6 Å². The molecule has 3 nitrogen and oxygen atoms in total. The molecule has 0 spiro atoms. The highest BCUT2D eigenvalue weighted by atomic mass is 35.5. The van der Waals surface area contributed by atoms with Crippen LogP contribution in [0.1, 0.15) is 46.9 Å². The van der Waals surface area contributed by atoms with Gasteiger partial charge < -0.3 is 5.32 Å². The summed E-state index contributed by atoms with van der Waals surface area (Å²) in [6.07, 6.45) is -3.96. The monoisotopic (exact) mass is 356 g/mol. The molecule has 1 amide bonds. The van der Waals surface area contributed by atoms with Gasteiger partial charge >= 0.3 is 6.18 Å². The molecule has 0 unspecified atom stereocenters. The molecule has 0 saturated heterocycles. The number of carbonyl (C=O) groups excluding carboxylic acids is 1. The van der Waals surface area contributed by atoms with Crippen molar-refractivity contribution >= 4 is 23.2 Å². The number of para-hydroxylation sites is 1. The number of pyridine rings is 1. The van der Waals surface area contributed by atoms with Crippen molar-refractivity contribution in [1.29, 1.82) is 0 Å². The summed E-state index contributed by atoms with van der Waals surface area (Å²) in [5.74, 6) is -0.485. The maximum absolute atomic E-state index is 12.6. The predicted molar refractivity (Wildman–Crippen MR) is 87.5 cm³/mol. The van der Waals surface area contributed by atoms with E-state index in [1.165, 1.54) is 0 Å². The van der Waals surface area contributed by atoms with Gasteiger partial charge in [0, 0.05) is 11.9 Å². The van der Waals surface area contributed by atoms with Crippen molar-refractivity contribution in [3.8, 4) is 0 Å². The van der Waals surface area contributed by atoms with E-state index in [0.29, 0.717) is 18.0 Å². The third kappa shape index (κ3) is 3.87. The Morgan fingerprint density at radius 3 is 2.50 bits per heavy atom. The van der Waals surface area contributed by atoms with Gasteiger partial charge in [0.05, 0.1) is 10.6 Å². The van der Waals surface area contributed by atoms with Gasteiger partial charge in [-0.3, -0.25) is 4.79 Å². The van der Waals surface area contributed by atoms with Gasteiger partial charge in [-0.05, 0) is 30.0 Å². The zero-order valence-electron chi connectivity index (χ0n) is 13.3. The fourth-order valence-electron chi connectivity index (χ4n) is 2.28. The highest BCUT2D eigenvalue weighted by Gasteiger charge is 2.32. The van der Waals surface area contributed by atoms with Crippen LogP contribution >= 0.6 is 11.6 Å². The molecular formula is C17H16ClF3N2O. The first kappa shape index (κ1) is 18.3.